The smallest absolute Gasteiger partial charge is 0.165 e. The molecule has 3 nitrogen and oxygen atoms in total. The fourth-order valence-corrected chi connectivity index (χ4v) is 5.86. The fourth-order valence-electron chi connectivity index (χ4n) is 5.86. The SMILES string of the molecule is CCC1C=CC2C3Cc4ccc(OC)c5c4C2(CCN3C)C1O5. The lowest BCUT2D eigenvalue weighted by Crippen LogP contribution is -2.63. The molecule has 0 N–H and O–H groups in total. The molecule has 2 heterocycles. The number of methoxy groups -OCH3 is 1. The second-order valence-electron chi connectivity index (χ2n) is 7.69. The molecule has 2 bridgehead atoms. The summed E-state index contributed by atoms with van der Waals surface area (Å²) in [7, 11) is 4.05. The van der Waals surface area contributed by atoms with Crippen LogP contribution in [0.1, 0.15) is 30.9 Å². The molecule has 0 radical (unpaired) electrons. The first kappa shape index (κ1) is 13.9. The van der Waals surface area contributed by atoms with Gasteiger partial charge in [0.15, 0.2) is 11.5 Å². The summed E-state index contributed by atoms with van der Waals surface area (Å²) >= 11 is 0. The average Bonchev–Trinajstić information content (AvgIpc) is 2.92. The van der Waals surface area contributed by atoms with Gasteiger partial charge >= 0.3 is 0 Å². The van der Waals surface area contributed by atoms with Crippen molar-refractivity contribution in [3.05, 3.63) is 35.4 Å². The Morgan fingerprint density at radius 1 is 1.35 bits per heavy atom. The van der Waals surface area contributed by atoms with Gasteiger partial charge in [0, 0.05) is 28.9 Å². The van der Waals surface area contributed by atoms with E-state index in [4.69, 9.17) is 9.47 Å². The third kappa shape index (κ3) is 1.50. The molecular weight excluding hydrogens is 286 g/mol. The molecule has 1 fully saturated rings. The van der Waals surface area contributed by atoms with Crippen molar-refractivity contribution < 1.29 is 9.47 Å². The third-order valence-electron chi connectivity index (χ3n) is 6.95. The summed E-state index contributed by atoms with van der Waals surface area (Å²) in [5.74, 6) is 3.05. The van der Waals surface area contributed by atoms with Gasteiger partial charge in [-0.1, -0.05) is 25.1 Å². The molecule has 1 aromatic rings. The molecule has 23 heavy (non-hydrogen) atoms. The highest BCUT2D eigenvalue weighted by atomic mass is 16.5. The molecule has 0 saturated carbocycles. The number of likely N-dealkylation sites (tertiary alicyclic amines) is 1. The first-order valence-electron chi connectivity index (χ1n) is 8.96. The molecule has 2 aliphatic heterocycles. The number of ether oxygens (including phenoxy) is 2. The Morgan fingerprint density at radius 2 is 2.22 bits per heavy atom. The van der Waals surface area contributed by atoms with E-state index in [0.29, 0.717) is 17.9 Å². The standard InChI is InChI=1S/C20H25NO2/c1-4-12-5-7-14-15-11-13-6-8-16(22-3)18-17(13)20(14,19(12)23-18)9-10-21(15)2/h5-8,12,14-15,19H,4,9-11H2,1-3H3. The molecule has 5 rings (SSSR count). The summed E-state index contributed by atoms with van der Waals surface area (Å²) in [6.07, 6.45) is 8.70. The molecule has 3 heteroatoms. The van der Waals surface area contributed by atoms with Gasteiger partial charge in [0.05, 0.1) is 7.11 Å². The maximum atomic E-state index is 6.64. The number of rotatable bonds is 2. The van der Waals surface area contributed by atoms with Gasteiger partial charge in [0.25, 0.3) is 0 Å². The zero-order valence-corrected chi connectivity index (χ0v) is 14.2. The van der Waals surface area contributed by atoms with E-state index in [9.17, 15) is 0 Å². The van der Waals surface area contributed by atoms with Gasteiger partial charge in [0.1, 0.15) is 6.10 Å². The van der Waals surface area contributed by atoms with Crippen LogP contribution in [0, 0.1) is 11.8 Å². The minimum absolute atomic E-state index is 0.171. The normalized spacial score (nSPS) is 39.8. The molecule has 0 amide bonds. The van der Waals surface area contributed by atoms with E-state index in [1.54, 1.807) is 7.11 Å². The lowest BCUT2D eigenvalue weighted by atomic mass is 9.52. The van der Waals surface area contributed by atoms with Crippen LogP contribution in [0.5, 0.6) is 11.5 Å². The summed E-state index contributed by atoms with van der Waals surface area (Å²) < 4.78 is 12.3. The van der Waals surface area contributed by atoms with E-state index in [1.165, 1.54) is 24.1 Å². The predicted octanol–water partition coefficient (Wildman–Crippen LogP) is 3.17. The second-order valence-corrected chi connectivity index (χ2v) is 7.69. The summed E-state index contributed by atoms with van der Waals surface area (Å²) in [5, 5.41) is 0. The number of benzene rings is 1. The van der Waals surface area contributed by atoms with Crippen LogP contribution in [0.4, 0.5) is 0 Å². The molecule has 5 unspecified atom stereocenters. The molecule has 122 valence electrons. The van der Waals surface area contributed by atoms with Crippen molar-refractivity contribution in [3.63, 3.8) is 0 Å². The van der Waals surface area contributed by atoms with Crippen LogP contribution in [0.15, 0.2) is 24.3 Å². The van der Waals surface area contributed by atoms with Gasteiger partial charge in [-0.25, -0.2) is 0 Å². The van der Waals surface area contributed by atoms with Crippen LogP contribution < -0.4 is 9.47 Å². The molecule has 1 saturated heterocycles. The van der Waals surface area contributed by atoms with Crippen LogP contribution in [-0.2, 0) is 11.8 Å². The van der Waals surface area contributed by atoms with Gasteiger partial charge in [-0.05, 0) is 44.5 Å². The molecule has 4 aliphatic rings. The molecular formula is C20H25NO2. The molecule has 1 spiro atoms. The Morgan fingerprint density at radius 3 is 3.00 bits per heavy atom. The van der Waals surface area contributed by atoms with Gasteiger partial charge in [-0.3, -0.25) is 0 Å². The highest BCUT2D eigenvalue weighted by Gasteiger charge is 2.63. The number of piperidine rings is 1. The van der Waals surface area contributed by atoms with Crippen molar-refractivity contribution in [1.29, 1.82) is 0 Å². The number of hydrogen-bond donors (Lipinski definition) is 0. The maximum absolute atomic E-state index is 6.64. The Kier molecular flexibility index (Phi) is 2.74. The molecule has 0 aromatic heterocycles. The van der Waals surface area contributed by atoms with Gasteiger partial charge in [-0.15, -0.1) is 0 Å². The van der Waals surface area contributed by atoms with E-state index >= 15 is 0 Å². The monoisotopic (exact) mass is 311 g/mol. The summed E-state index contributed by atoms with van der Waals surface area (Å²) in [5.41, 5.74) is 3.14. The van der Waals surface area contributed by atoms with Crippen LogP contribution in [-0.4, -0.2) is 37.7 Å². The van der Waals surface area contributed by atoms with Gasteiger partial charge in [-0.2, -0.15) is 0 Å². The third-order valence-corrected chi connectivity index (χ3v) is 6.95. The maximum Gasteiger partial charge on any atom is 0.165 e. The Hall–Kier alpha value is -1.48. The van der Waals surface area contributed by atoms with E-state index < -0.39 is 0 Å². The Balaban J connectivity index is 1.80. The highest BCUT2D eigenvalue weighted by molar-refractivity contribution is 5.62. The number of nitrogens with zero attached hydrogens (tertiary/aromatic N) is 1. The van der Waals surface area contributed by atoms with Crippen molar-refractivity contribution in [2.24, 2.45) is 11.8 Å². The molecule has 2 aliphatic carbocycles. The second kappa shape index (κ2) is 4.54. The summed E-state index contributed by atoms with van der Waals surface area (Å²) in [4.78, 5) is 2.56. The first-order valence-corrected chi connectivity index (χ1v) is 8.96. The van der Waals surface area contributed by atoms with Crippen LogP contribution in [0.25, 0.3) is 0 Å². The summed E-state index contributed by atoms with van der Waals surface area (Å²) in [6, 6.07) is 5.00. The predicted molar refractivity (Wildman–Crippen MR) is 90.2 cm³/mol. The van der Waals surface area contributed by atoms with Crippen molar-refractivity contribution in [2.75, 3.05) is 20.7 Å². The van der Waals surface area contributed by atoms with E-state index in [0.717, 1.165) is 24.3 Å². The lowest BCUT2D eigenvalue weighted by molar-refractivity contribution is -0.0180. The van der Waals surface area contributed by atoms with Crippen molar-refractivity contribution >= 4 is 0 Å². The van der Waals surface area contributed by atoms with E-state index in [-0.39, 0.29) is 11.5 Å². The zero-order chi connectivity index (χ0) is 15.8. The first-order chi connectivity index (χ1) is 11.2. The quantitative estimate of drug-likeness (QED) is 0.783. The van der Waals surface area contributed by atoms with Crippen LogP contribution in [0.3, 0.4) is 0 Å². The largest absolute Gasteiger partial charge is 0.493 e. The minimum Gasteiger partial charge on any atom is -0.493 e. The van der Waals surface area contributed by atoms with Gasteiger partial charge < -0.3 is 14.4 Å². The highest BCUT2D eigenvalue weighted by Crippen LogP contribution is 2.63. The van der Waals surface area contributed by atoms with Crippen molar-refractivity contribution in [2.45, 2.75) is 43.7 Å². The van der Waals surface area contributed by atoms with Crippen molar-refractivity contribution in [1.82, 2.24) is 4.90 Å². The Bertz CT molecular complexity index is 697. The zero-order valence-electron chi connectivity index (χ0n) is 14.2. The fraction of sp³-hybridized carbons (Fsp3) is 0.600. The Labute approximate surface area is 138 Å². The number of likely N-dealkylation sites (N-methyl/N-ethyl adjacent to an activating group) is 1. The number of hydrogen-bond acceptors (Lipinski definition) is 3. The van der Waals surface area contributed by atoms with Crippen LogP contribution in [0.2, 0.25) is 0 Å². The molecule has 1 aromatic carbocycles. The van der Waals surface area contributed by atoms with Crippen molar-refractivity contribution in [3.8, 4) is 11.5 Å². The minimum atomic E-state index is 0.171. The van der Waals surface area contributed by atoms with E-state index in [1.807, 2.05) is 0 Å². The topological polar surface area (TPSA) is 21.7 Å². The van der Waals surface area contributed by atoms with Crippen LogP contribution >= 0.6 is 0 Å². The van der Waals surface area contributed by atoms with E-state index in [2.05, 4.69) is 43.2 Å². The van der Waals surface area contributed by atoms with Gasteiger partial charge in [0.2, 0.25) is 0 Å². The average molecular weight is 311 g/mol. The molecule has 5 atom stereocenters. The lowest BCUT2D eigenvalue weighted by Gasteiger charge is -2.57. The summed E-state index contributed by atoms with van der Waals surface area (Å²) in [6.45, 7) is 3.45.